The topological polar surface area (TPSA) is 46.3 Å². The lowest BCUT2D eigenvalue weighted by Crippen LogP contribution is -2.27. The summed E-state index contributed by atoms with van der Waals surface area (Å²) in [5.41, 5.74) is 5.14. The van der Waals surface area contributed by atoms with Gasteiger partial charge < -0.3 is 10.6 Å². The lowest BCUT2D eigenvalue weighted by atomic mass is 10.1. The maximum Gasteiger partial charge on any atom is 0.416 e. The summed E-state index contributed by atoms with van der Waals surface area (Å²) in [5.74, 6) is -0.593. The number of hydrogen-bond acceptors (Lipinski definition) is 2. The van der Waals surface area contributed by atoms with Crippen LogP contribution in [0.5, 0.6) is 0 Å². The predicted octanol–water partition coefficient (Wildman–Crippen LogP) is 3.56. The number of hydrogen-bond donors (Lipinski definition) is 1. The largest absolute Gasteiger partial charge is 0.416 e. The van der Waals surface area contributed by atoms with Gasteiger partial charge in [0.1, 0.15) is 0 Å². The molecule has 0 saturated carbocycles. The monoisotopic (exact) mass is 294 g/mol. The Kier molecular flexibility index (Phi) is 3.88. The van der Waals surface area contributed by atoms with Gasteiger partial charge >= 0.3 is 6.18 Å². The zero-order chi connectivity index (χ0) is 15.6. The second-order valence-corrected chi connectivity index (χ2v) is 4.50. The van der Waals surface area contributed by atoms with Crippen LogP contribution < -0.4 is 10.6 Å². The van der Waals surface area contributed by atoms with Crippen LogP contribution in [-0.4, -0.2) is 13.0 Å². The molecule has 0 aliphatic heterocycles. The van der Waals surface area contributed by atoms with Gasteiger partial charge in [-0.05, 0) is 30.3 Å². The average molecular weight is 294 g/mol. The summed E-state index contributed by atoms with van der Waals surface area (Å²) in [6, 6.07) is 11.3. The molecule has 6 heteroatoms. The Morgan fingerprint density at radius 2 is 1.71 bits per heavy atom. The van der Waals surface area contributed by atoms with Crippen LogP contribution in [0, 0.1) is 0 Å². The molecule has 110 valence electrons. The van der Waals surface area contributed by atoms with Crippen molar-refractivity contribution in [2.45, 2.75) is 6.18 Å². The molecule has 21 heavy (non-hydrogen) atoms. The molecule has 0 bridgehead atoms. The van der Waals surface area contributed by atoms with Gasteiger partial charge in [-0.25, -0.2) is 0 Å². The predicted molar refractivity (Wildman–Crippen MR) is 75.0 cm³/mol. The van der Waals surface area contributed by atoms with Gasteiger partial charge in [0.2, 0.25) is 0 Å². The molecule has 0 unspecified atom stereocenters. The number of nitrogens with two attached hydrogens (primary N) is 1. The molecule has 0 aromatic heterocycles. The Morgan fingerprint density at radius 1 is 1.10 bits per heavy atom. The summed E-state index contributed by atoms with van der Waals surface area (Å²) in [7, 11) is 1.48. The standard InChI is InChI=1S/C15H13F3N2O/c1-20(11-5-3-2-4-6-11)14(21)12-9-10(15(16,17)18)7-8-13(12)19/h2-9H,19H2,1H3. The van der Waals surface area contributed by atoms with Crippen molar-refractivity contribution in [2.24, 2.45) is 0 Å². The minimum Gasteiger partial charge on any atom is -0.398 e. The fourth-order valence-corrected chi connectivity index (χ4v) is 1.87. The van der Waals surface area contributed by atoms with Gasteiger partial charge in [0.05, 0.1) is 11.1 Å². The molecule has 0 fully saturated rings. The molecule has 0 saturated heterocycles. The Bertz CT molecular complexity index is 654. The maximum atomic E-state index is 12.7. The molecule has 0 radical (unpaired) electrons. The zero-order valence-electron chi connectivity index (χ0n) is 11.2. The first-order chi connectivity index (χ1) is 9.80. The van der Waals surface area contributed by atoms with E-state index in [1.807, 2.05) is 0 Å². The SMILES string of the molecule is CN(C(=O)c1cc(C(F)(F)F)ccc1N)c1ccccc1. The van der Waals surface area contributed by atoms with E-state index in [-0.39, 0.29) is 11.3 Å². The highest BCUT2D eigenvalue weighted by Gasteiger charge is 2.32. The average Bonchev–Trinajstić information content (AvgIpc) is 2.46. The van der Waals surface area contributed by atoms with Crippen molar-refractivity contribution in [1.82, 2.24) is 0 Å². The molecule has 3 nitrogen and oxygen atoms in total. The van der Waals surface area contributed by atoms with Gasteiger partial charge in [-0.15, -0.1) is 0 Å². The van der Waals surface area contributed by atoms with Crippen molar-refractivity contribution in [1.29, 1.82) is 0 Å². The number of alkyl halides is 3. The van der Waals surface area contributed by atoms with E-state index < -0.39 is 17.6 Å². The first-order valence-corrected chi connectivity index (χ1v) is 6.10. The van der Waals surface area contributed by atoms with E-state index in [4.69, 9.17) is 5.73 Å². The third-order valence-electron chi connectivity index (χ3n) is 3.06. The second-order valence-electron chi connectivity index (χ2n) is 4.50. The number of rotatable bonds is 2. The zero-order valence-corrected chi connectivity index (χ0v) is 11.2. The minimum atomic E-state index is -4.52. The van der Waals surface area contributed by atoms with Gasteiger partial charge in [0.15, 0.2) is 0 Å². The summed E-state index contributed by atoms with van der Waals surface area (Å²) < 4.78 is 38.2. The van der Waals surface area contributed by atoms with E-state index in [0.717, 1.165) is 18.2 Å². The molecular weight excluding hydrogens is 281 g/mol. The van der Waals surface area contributed by atoms with E-state index in [1.54, 1.807) is 30.3 Å². The van der Waals surface area contributed by atoms with Crippen LogP contribution in [0.15, 0.2) is 48.5 Å². The van der Waals surface area contributed by atoms with E-state index in [9.17, 15) is 18.0 Å². The number of carbonyl (C=O) groups is 1. The number of nitrogens with zero attached hydrogens (tertiary/aromatic N) is 1. The second kappa shape index (κ2) is 5.47. The molecule has 1 amide bonds. The number of benzene rings is 2. The minimum absolute atomic E-state index is 0.00998. The van der Waals surface area contributed by atoms with Crippen molar-refractivity contribution >= 4 is 17.3 Å². The summed E-state index contributed by atoms with van der Waals surface area (Å²) >= 11 is 0. The molecule has 0 spiro atoms. The first kappa shape index (κ1) is 14.9. The van der Waals surface area contributed by atoms with Crippen LogP contribution in [0.3, 0.4) is 0 Å². The Hall–Kier alpha value is -2.50. The van der Waals surface area contributed by atoms with E-state index in [1.165, 1.54) is 11.9 Å². The molecule has 2 aromatic rings. The Labute approximate surface area is 119 Å². The molecular formula is C15H13F3N2O. The Balaban J connectivity index is 2.39. The number of nitrogen functional groups attached to an aromatic ring is 1. The van der Waals surface area contributed by atoms with Gasteiger partial charge in [0.25, 0.3) is 5.91 Å². The maximum absolute atomic E-state index is 12.7. The third kappa shape index (κ3) is 3.16. The van der Waals surface area contributed by atoms with Gasteiger partial charge in [-0.3, -0.25) is 4.79 Å². The van der Waals surface area contributed by atoms with Crippen molar-refractivity contribution in [2.75, 3.05) is 17.7 Å². The van der Waals surface area contributed by atoms with Crippen LogP contribution >= 0.6 is 0 Å². The van der Waals surface area contributed by atoms with Gasteiger partial charge in [-0.1, -0.05) is 18.2 Å². The van der Waals surface area contributed by atoms with Crippen molar-refractivity contribution in [3.63, 3.8) is 0 Å². The quantitative estimate of drug-likeness (QED) is 0.861. The highest BCUT2D eigenvalue weighted by Crippen LogP contribution is 2.31. The number of carbonyl (C=O) groups excluding carboxylic acids is 1. The number of amides is 1. The normalized spacial score (nSPS) is 11.2. The van der Waals surface area contributed by atoms with E-state index >= 15 is 0 Å². The summed E-state index contributed by atoms with van der Waals surface area (Å²) in [5, 5.41) is 0. The molecule has 0 atom stereocenters. The molecule has 0 aliphatic rings. The van der Waals surface area contributed by atoms with Crippen molar-refractivity contribution in [3.05, 3.63) is 59.7 Å². The van der Waals surface area contributed by atoms with Crippen LogP contribution in [0.2, 0.25) is 0 Å². The molecule has 2 rings (SSSR count). The lowest BCUT2D eigenvalue weighted by Gasteiger charge is -2.19. The summed E-state index contributed by atoms with van der Waals surface area (Å²) in [6.45, 7) is 0. The third-order valence-corrected chi connectivity index (χ3v) is 3.06. The number of para-hydroxylation sites is 1. The van der Waals surface area contributed by atoms with Crippen LogP contribution in [-0.2, 0) is 6.18 Å². The number of anilines is 2. The molecule has 2 N–H and O–H groups in total. The molecule has 0 aliphatic carbocycles. The van der Waals surface area contributed by atoms with Crippen LogP contribution in [0.25, 0.3) is 0 Å². The summed E-state index contributed by atoms with van der Waals surface area (Å²) in [6.07, 6.45) is -4.52. The summed E-state index contributed by atoms with van der Waals surface area (Å²) in [4.78, 5) is 13.6. The molecule has 2 aromatic carbocycles. The van der Waals surface area contributed by atoms with Crippen molar-refractivity contribution < 1.29 is 18.0 Å². The van der Waals surface area contributed by atoms with Gasteiger partial charge in [0, 0.05) is 18.4 Å². The smallest absolute Gasteiger partial charge is 0.398 e. The highest BCUT2D eigenvalue weighted by atomic mass is 19.4. The van der Waals surface area contributed by atoms with Crippen molar-refractivity contribution in [3.8, 4) is 0 Å². The van der Waals surface area contributed by atoms with Crippen LogP contribution in [0.1, 0.15) is 15.9 Å². The fraction of sp³-hybridized carbons (Fsp3) is 0.133. The fourth-order valence-electron chi connectivity index (χ4n) is 1.87. The highest BCUT2D eigenvalue weighted by molar-refractivity contribution is 6.09. The molecule has 0 heterocycles. The lowest BCUT2D eigenvalue weighted by molar-refractivity contribution is -0.137. The Morgan fingerprint density at radius 3 is 2.29 bits per heavy atom. The van der Waals surface area contributed by atoms with E-state index in [0.29, 0.717) is 5.69 Å². The number of halogens is 3. The first-order valence-electron chi connectivity index (χ1n) is 6.10. The van der Waals surface area contributed by atoms with Gasteiger partial charge in [-0.2, -0.15) is 13.2 Å². The van der Waals surface area contributed by atoms with E-state index in [2.05, 4.69) is 0 Å². The van der Waals surface area contributed by atoms with Crippen LogP contribution in [0.4, 0.5) is 24.5 Å².